The first-order valence-corrected chi connectivity index (χ1v) is 8.62. The number of rotatable bonds is 5. The molecular formula is C19H19N5O2. The molecule has 0 bridgehead atoms. The van der Waals surface area contributed by atoms with Crippen molar-refractivity contribution in [3.05, 3.63) is 66.9 Å². The maximum Gasteiger partial charge on any atom is 0.259 e. The first kappa shape index (κ1) is 16.3. The van der Waals surface area contributed by atoms with Gasteiger partial charge in [0.25, 0.3) is 5.91 Å². The van der Waals surface area contributed by atoms with Gasteiger partial charge in [-0.1, -0.05) is 0 Å². The number of ether oxygens (including phenoxy) is 1. The van der Waals surface area contributed by atoms with Crippen LogP contribution in [-0.2, 0) is 6.54 Å². The van der Waals surface area contributed by atoms with E-state index in [0.29, 0.717) is 23.7 Å². The topological polar surface area (TPSA) is 73.1 Å². The van der Waals surface area contributed by atoms with Crippen LogP contribution in [0.5, 0.6) is 11.6 Å². The van der Waals surface area contributed by atoms with Crippen LogP contribution in [0, 0.1) is 0 Å². The molecule has 4 rings (SSSR count). The SMILES string of the molecule is O=C(c1cccnc1Oc1cccnc1)N1CCC[C@H]1Cn1cccn1. The summed E-state index contributed by atoms with van der Waals surface area (Å²) in [6.45, 7) is 1.42. The van der Waals surface area contributed by atoms with E-state index in [-0.39, 0.29) is 11.9 Å². The third-order valence-electron chi connectivity index (χ3n) is 4.45. The summed E-state index contributed by atoms with van der Waals surface area (Å²) in [4.78, 5) is 23.3. The highest BCUT2D eigenvalue weighted by Gasteiger charge is 2.31. The number of likely N-dealkylation sites (tertiary alicyclic amines) is 1. The second kappa shape index (κ2) is 7.35. The second-order valence-electron chi connectivity index (χ2n) is 6.17. The Labute approximate surface area is 151 Å². The van der Waals surface area contributed by atoms with E-state index in [9.17, 15) is 4.79 Å². The highest BCUT2D eigenvalue weighted by atomic mass is 16.5. The van der Waals surface area contributed by atoms with Gasteiger partial charge in [-0.3, -0.25) is 14.5 Å². The van der Waals surface area contributed by atoms with Crippen LogP contribution < -0.4 is 4.74 Å². The van der Waals surface area contributed by atoms with Crippen LogP contribution >= 0.6 is 0 Å². The Balaban J connectivity index is 1.56. The summed E-state index contributed by atoms with van der Waals surface area (Å²) in [5, 5.41) is 4.25. The molecule has 1 atom stereocenters. The van der Waals surface area contributed by atoms with Gasteiger partial charge in [-0.05, 0) is 43.2 Å². The van der Waals surface area contributed by atoms with Gasteiger partial charge in [0.1, 0.15) is 11.3 Å². The molecule has 0 saturated carbocycles. The summed E-state index contributed by atoms with van der Waals surface area (Å²) >= 11 is 0. The maximum atomic E-state index is 13.2. The lowest BCUT2D eigenvalue weighted by Crippen LogP contribution is -2.38. The number of nitrogens with zero attached hydrogens (tertiary/aromatic N) is 5. The van der Waals surface area contributed by atoms with E-state index in [1.807, 2.05) is 21.8 Å². The van der Waals surface area contributed by atoms with Crippen LogP contribution in [0.25, 0.3) is 0 Å². The Bertz CT molecular complexity index is 867. The van der Waals surface area contributed by atoms with E-state index in [1.54, 1.807) is 49.1 Å². The summed E-state index contributed by atoms with van der Waals surface area (Å²) in [5.74, 6) is 0.789. The smallest absolute Gasteiger partial charge is 0.259 e. The van der Waals surface area contributed by atoms with Crippen LogP contribution in [0.1, 0.15) is 23.2 Å². The minimum Gasteiger partial charge on any atom is -0.437 e. The zero-order valence-corrected chi connectivity index (χ0v) is 14.2. The molecule has 0 aromatic carbocycles. The normalized spacial score (nSPS) is 16.6. The highest BCUT2D eigenvalue weighted by molar-refractivity contribution is 5.96. The molecule has 132 valence electrons. The second-order valence-corrected chi connectivity index (χ2v) is 6.17. The van der Waals surface area contributed by atoms with E-state index in [0.717, 1.165) is 19.4 Å². The summed E-state index contributed by atoms with van der Waals surface area (Å²) in [6.07, 6.45) is 10.5. The number of hydrogen-bond acceptors (Lipinski definition) is 5. The van der Waals surface area contributed by atoms with Gasteiger partial charge in [0.15, 0.2) is 0 Å². The average molecular weight is 349 g/mol. The predicted molar refractivity (Wildman–Crippen MR) is 94.8 cm³/mol. The molecule has 3 aromatic rings. The molecule has 1 aliphatic rings. The fraction of sp³-hybridized carbons (Fsp3) is 0.263. The molecule has 1 aliphatic heterocycles. The van der Waals surface area contributed by atoms with Crippen molar-refractivity contribution in [2.45, 2.75) is 25.4 Å². The lowest BCUT2D eigenvalue weighted by Gasteiger charge is -2.25. The fourth-order valence-electron chi connectivity index (χ4n) is 3.23. The highest BCUT2D eigenvalue weighted by Crippen LogP contribution is 2.27. The molecule has 0 radical (unpaired) electrons. The number of carbonyl (C=O) groups is 1. The largest absolute Gasteiger partial charge is 0.437 e. The van der Waals surface area contributed by atoms with E-state index in [2.05, 4.69) is 15.1 Å². The maximum absolute atomic E-state index is 13.2. The van der Waals surface area contributed by atoms with Gasteiger partial charge >= 0.3 is 0 Å². The zero-order valence-electron chi connectivity index (χ0n) is 14.2. The van der Waals surface area contributed by atoms with Crippen molar-refractivity contribution < 1.29 is 9.53 Å². The van der Waals surface area contributed by atoms with Gasteiger partial charge < -0.3 is 9.64 Å². The first-order valence-electron chi connectivity index (χ1n) is 8.62. The Morgan fingerprint density at radius 1 is 1.19 bits per heavy atom. The van der Waals surface area contributed by atoms with E-state index in [1.165, 1.54) is 0 Å². The Morgan fingerprint density at radius 3 is 2.92 bits per heavy atom. The van der Waals surface area contributed by atoms with E-state index < -0.39 is 0 Å². The van der Waals surface area contributed by atoms with Gasteiger partial charge in [-0.15, -0.1) is 0 Å². The van der Waals surface area contributed by atoms with Crippen molar-refractivity contribution in [2.75, 3.05) is 6.54 Å². The zero-order chi connectivity index (χ0) is 17.8. The van der Waals surface area contributed by atoms with Crippen molar-refractivity contribution in [1.82, 2.24) is 24.6 Å². The molecular weight excluding hydrogens is 330 g/mol. The molecule has 7 heteroatoms. The molecule has 0 spiro atoms. The number of aromatic nitrogens is 4. The molecule has 26 heavy (non-hydrogen) atoms. The van der Waals surface area contributed by atoms with Gasteiger partial charge in [-0.2, -0.15) is 5.10 Å². The third kappa shape index (κ3) is 3.42. The molecule has 1 saturated heterocycles. The van der Waals surface area contributed by atoms with Crippen molar-refractivity contribution >= 4 is 5.91 Å². The van der Waals surface area contributed by atoms with Gasteiger partial charge in [0.05, 0.1) is 18.8 Å². The Morgan fingerprint density at radius 2 is 2.12 bits per heavy atom. The number of amides is 1. The number of carbonyl (C=O) groups excluding carboxylic acids is 1. The Hall–Kier alpha value is -3.22. The molecule has 7 nitrogen and oxygen atoms in total. The standard InChI is InChI=1S/C19H19N5O2/c25-19(24-12-3-5-15(24)14-23-11-4-10-22-23)17-7-2-9-21-18(17)26-16-6-1-8-20-13-16/h1-2,4,6-11,13,15H,3,5,12,14H2/t15-/m0/s1. The summed E-state index contributed by atoms with van der Waals surface area (Å²) in [7, 11) is 0. The molecule has 1 amide bonds. The average Bonchev–Trinajstić information content (AvgIpc) is 3.35. The fourth-order valence-corrected chi connectivity index (χ4v) is 3.23. The summed E-state index contributed by atoms with van der Waals surface area (Å²) < 4.78 is 7.66. The third-order valence-corrected chi connectivity index (χ3v) is 4.45. The predicted octanol–water partition coefficient (Wildman–Crippen LogP) is 2.77. The monoisotopic (exact) mass is 349 g/mol. The Kier molecular flexibility index (Phi) is 4.59. The minimum atomic E-state index is -0.0633. The van der Waals surface area contributed by atoms with E-state index in [4.69, 9.17) is 4.74 Å². The summed E-state index contributed by atoms with van der Waals surface area (Å²) in [5.41, 5.74) is 0.462. The lowest BCUT2D eigenvalue weighted by molar-refractivity contribution is 0.0718. The van der Waals surface area contributed by atoms with Crippen LogP contribution in [-0.4, -0.2) is 43.1 Å². The first-order chi connectivity index (χ1) is 12.8. The molecule has 1 fully saturated rings. The minimum absolute atomic E-state index is 0.0633. The molecule has 0 N–H and O–H groups in total. The molecule has 3 aromatic heterocycles. The molecule has 0 aliphatic carbocycles. The lowest BCUT2D eigenvalue weighted by atomic mass is 10.2. The van der Waals surface area contributed by atoms with Crippen LogP contribution in [0.3, 0.4) is 0 Å². The van der Waals surface area contributed by atoms with Gasteiger partial charge in [0, 0.05) is 31.3 Å². The number of pyridine rings is 2. The van der Waals surface area contributed by atoms with Crippen molar-refractivity contribution in [3.63, 3.8) is 0 Å². The van der Waals surface area contributed by atoms with Crippen LogP contribution in [0.4, 0.5) is 0 Å². The quantitative estimate of drug-likeness (QED) is 0.708. The van der Waals surface area contributed by atoms with Crippen molar-refractivity contribution in [3.8, 4) is 11.6 Å². The number of hydrogen-bond donors (Lipinski definition) is 0. The van der Waals surface area contributed by atoms with Crippen molar-refractivity contribution in [1.29, 1.82) is 0 Å². The van der Waals surface area contributed by atoms with Gasteiger partial charge in [-0.25, -0.2) is 4.98 Å². The summed E-state index contributed by atoms with van der Waals surface area (Å²) in [6, 6.07) is 9.08. The van der Waals surface area contributed by atoms with Gasteiger partial charge in [0.2, 0.25) is 5.88 Å². The molecule has 0 unspecified atom stereocenters. The van der Waals surface area contributed by atoms with Crippen LogP contribution in [0.2, 0.25) is 0 Å². The van der Waals surface area contributed by atoms with E-state index >= 15 is 0 Å². The van der Waals surface area contributed by atoms with Crippen LogP contribution in [0.15, 0.2) is 61.3 Å². The van der Waals surface area contributed by atoms with Crippen molar-refractivity contribution in [2.24, 2.45) is 0 Å². The molecule has 4 heterocycles.